The molecule has 12 nitrogen and oxygen atoms in total. The maximum Gasteiger partial charge on any atom is 0.274 e. The van der Waals surface area contributed by atoms with E-state index in [2.05, 4.69) is 19.9 Å². The van der Waals surface area contributed by atoms with Crippen LogP contribution in [0.1, 0.15) is 22.0 Å². The predicted octanol–water partition coefficient (Wildman–Crippen LogP) is 4.05. The number of methoxy groups -OCH3 is 3. The van der Waals surface area contributed by atoms with E-state index in [1.165, 1.54) is 20.5 Å². The molecule has 3 aromatic carbocycles. The summed E-state index contributed by atoms with van der Waals surface area (Å²) >= 11 is 0. The largest absolute Gasteiger partial charge is 0.507 e. The number of ether oxygens (including phenoxy) is 3. The van der Waals surface area contributed by atoms with Crippen molar-refractivity contribution in [3.8, 4) is 23.0 Å². The maximum atomic E-state index is 14.2. The smallest absolute Gasteiger partial charge is 0.274 e. The number of hydrogen-bond acceptors (Lipinski definition) is 8. The van der Waals surface area contributed by atoms with Crippen molar-refractivity contribution in [1.29, 1.82) is 5.41 Å². The zero-order valence-electron chi connectivity index (χ0n) is 23.1. The average Bonchev–Trinajstić information content (AvgIpc) is 3.75. The number of carbonyl (C=O) groups excluding carboxylic acids is 1. The Morgan fingerprint density at radius 2 is 1.86 bits per heavy atom. The molecule has 0 saturated heterocycles. The number of nitrogens with zero attached hydrogens (tertiary/aromatic N) is 4. The minimum atomic E-state index is -0.282. The number of hydrogen-bond donors (Lipinski definition) is 4. The highest BCUT2D eigenvalue weighted by Gasteiger charge is 2.37. The van der Waals surface area contributed by atoms with Gasteiger partial charge >= 0.3 is 0 Å². The molecule has 1 aliphatic heterocycles. The number of fused-ring (bicyclic) bond motifs is 4. The van der Waals surface area contributed by atoms with Gasteiger partial charge < -0.3 is 38.8 Å². The Bertz CT molecular complexity index is 2090. The van der Waals surface area contributed by atoms with Crippen LogP contribution in [0.2, 0.25) is 0 Å². The molecule has 12 heteroatoms. The van der Waals surface area contributed by atoms with Crippen molar-refractivity contribution in [3.05, 3.63) is 71.9 Å². The molecule has 1 aliphatic rings. The van der Waals surface area contributed by atoms with Gasteiger partial charge in [-0.25, -0.2) is 9.97 Å². The fourth-order valence-electron chi connectivity index (χ4n) is 6.01. The first-order valence-corrected chi connectivity index (χ1v) is 13.2. The van der Waals surface area contributed by atoms with Crippen LogP contribution in [0, 0.1) is 5.41 Å². The average molecular weight is 566 g/mol. The van der Waals surface area contributed by atoms with Crippen LogP contribution in [0.15, 0.2) is 55.1 Å². The Kier molecular flexibility index (Phi) is 5.78. The molecule has 0 fully saturated rings. The highest BCUT2D eigenvalue weighted by atomic mass is 16.5. The zero-order chi connectivity index (χ0) is 29.1. The summed E-state index contributed by atoms with van der Waals surface area (Å²) in [5.41, 5.74) is 3.45. The van der Waals surface area contributed by atoms with Gasteiger partial charge in [0.2, 0.25) is 5.75 Å². The minimum Gasteiger partial charge on any atom is -0.507 e. The molecule has 0 unspecified atom stereocenters. The van der Waals surface area contributed by atoms with Crippen molar-refractivity contribution in [2.75, 3.05) is 32.8 Å². The van der Waals surface area contributed by atoms with Gasteiger partial charge in [0.15, 0.2) is 22.6 Å². The van der Waals surface area contributed by atoms with Gasteiger partial charge in [-0.05, 0) is 23.6 Å². The first-order valence-electron chi connectivity index (χ1n) is 13.2. The molecular weight excluding hydrogens is 538 g/mol. The van der Waals surface area contributed by atoms with Gasteiger partial charge in [0, 0.05) is 35.3 Å². The number of aromatic amines is 2. The molecule has 0 bridgehead atoms. The first kappa shape index (κ1) is 25.4. The van der Waals surface area contributed by atoms with E-state index in [-0.39, 0.29) is 23.1 Å². The van der Waals surface area contributed by atoms with Crippen LogP contribution in [0.5, 0.6) is 23.0 Å². The van der Waals surface area contributed by atoms with E-state index in [1.54, 1.807) is 30.5 Å². The van der Waals surface area contributed by atoms with Crippen LogP contribution in [-0.2, 0) is 6.54 Å². The molecule has 4 heterocycles. The van der Waals surface area contributed by atoms with E-state index in [1.807, 2.05) is 34.9 Å². The van der Waals surface area contributed by atoms with Crippen LogP contribution < -0.4 is 24.6 Å². The maximum absolute atomic E-state index is 14.2. The topological polar surface area (TPSA) is 154 Å². The molecule has 1 atom stereocenters. The Hall–Kier alpha value is -5.52. The fourth-order valence-corrected chi connectivity index (χ4v) is 6.01. The Morgan fingerprint density at radius 3 is 2.64 bits per heavy atom. The molecule has 6 aromatic rings. The summed E-state index contributed by atoms with van der Waals surface area (Å²) in [4.78, 5) is 30.7. The number of nitrogens with one attached hydrogen (secondary N) is 3. The summed E-state index contributed by atoms with van der Waals surface area (Å²) in [6.07, 6.45) is 3.09. The lowest BCUT2D eigenvalue weighted by atomic mass is 9.96. The van der Waals surface area contributed by atoms with Crippen molar-refractivity contribution in [3.63, 3.8) is 0 Å². The molecule has 0 saturated carbocycles. The molecule has 1 amide bonds. The number of anilines is 1. The molecule has 0 aliphatic carbocycles. The number of benzene rings is 3. The number of carbonyl (C=O) groups is 1. The first-order chi connectivity index (χ1) is 20.4. The second kappa shape index (κ2) is 9.54. The summed E-state index contributed by atoms with van der Waals surface area (Å²) in [7, 11) is 4.60. The van der Waals surface area contributed by atoms with Crippen LogP contribution in [0.4, 0.5) is 5.69 Å². The predicted molar refractivity (Wildman–Crippen MR) is 156 cm³/mol. The standard InChI is InChI=1S/C30H27N7O5/c1-40-21-10-16-8-19(35-23(16)27(42-3)26(21)41-2)30(39)37-12-17(11-36-14-34-28(31)24-29(36)33-13-32-24)22-20(37)9-15-6-4-5-7-18(15)25(22)38/h4-10,13-14,17,31,35,38H,11-12H2,1-3H3,(H,32,33)/t17-/m1/s1. The van der Waals surface area contributed by atoms with Crippen molar-refractivity contribution in [2.24, 2.45) is 0 Å². The van der Waals surface area contributed by atoms with Gasteiger partial charge in [0.1, 0.15) is 17.0 Å². The van der Waals surface area contributed by atoms with Gasteiger partial charge in [-0.2, -0.15) is 0 Å². The van der Waals surface area contributed by atoms with E-state index < -0.39 is 0 Å². The highest BCUT2D eigenvalue weighted by molar-refractivity contribution is 6.11. The van der Waals surface area contributed by atoms with E-state index in [0.29, 0.717) is 69.3 Å². The minimum absolute atomic E-state index is 0.0960. The Labute approximate surface area is 238 Å². The lowest BCUT2D eigenvalue weighted by molar-refractivity contribution is 0.0984. The molecule has 42 heavy (non-hydrogen) atoms. The second-order valence-corrected chi connectivity index (χ2v) is 10.1. The van der Waals surface area contributed by atoms with Gasteiger partial charge in [0.05, 0.1) is 45.2 Å². The van der Waals surface area contributed by atoms with Gasteiger partial charge in [-0.15, -0.1) is 0 Å². The summed E-state index contributed by atoms with van der Waals surface area (Å²) in [6, 6.07) is 13.0. The van der Waals surface area contributed by atoms with Crippen LogP contribution >= 0.6 is 0 Å². The lowest BCUT2D eigenvalue weighted by Gasteiger charge is -2.18. The number of amides is 1. The van der Waals surface area contributed by atoms with Crippen molar-refractivity contribution < 1.29 is 24.1 Å². The SMILES string of the molecule is COc1cc2cc(C(=O)N3C[C@@H](Cn4cnc(=N)c5[nH]cnc54)c4c3cc3ccccc3c4O)[nH]c2c(OC)c1OC. The molecule has 0 spiro atoms. The van der Waals surface area contributed by atoms with Gasteiger partial charge in [-0.3, -0.25) is 10.2 Å². The molecule has 4 N–H and O–H groups in total. The number of aromatic hydroxyl groups is 1. The van der Waals surface area contributed by atoms with Gasteiger partial charge in [0.25, 0.3) is 5.91 Å². The third kappa shape index (κ3) is 3.68. The Balaban J connectivity index is 1.35. The number of imidazole rings is 1. The number of H-pyrrole nitrogens is 2. The molecule has 3 aromatic heterocycles. The third-order valence-corrected chi connectivity index (χ3v) is 7.91. The fraction of sp³-hybridized carbons (Fsp3) is 0.200. The van der Waals surface area contributed by atoms with Crippen LogP contribution in [-0.4, -0.2) is 63.4 Å². The monoisotopic (exact) mass is 565 g/mol. The van der Waals surface area contributed by atoms with Crippen molar-refractivity contribution in [2.45, 2.75) is 12.5 Å². The van der Waals surface area contributed by atoms with E-state index in [9.17, 15) is 9.90 Å². The molecule has 0 radical (unpaired) electrons. The molecular formula is C30H27N7O5. The number of rotatable bonds is 6. The number of phenols is 1. The molecule has 7 rings (SSSR count). The van der Waals surface area contributed by atoms with Crippen LogP contribution in [0.25, 0.3) is 32.8 Å². The highest BCUT2D eigenvalue weighted by Crippen LogP contribution is 2.48. The summed E-state index contributed by atoms with van der Waals surface area (Å²) in [5.74, 6) is 0.927. The Morgan fingerprint density at radius 1 is 1.05 bits per heavy atom. The van der Waals surface area contributed by atoms with E-state index in [4.69, 9.17) is 19.6 Å². The zero-order valence-corrected chi connectivity index (χ0v) is 23.1. The third-order valence-electron chi connectivity index (χ3n) is 7.91. The number of aromatic nitrogens is 5. The summed E-state index contributed by atoms with van der Waals surface area (Å²) in [5, 5.41) is 21.9. The van der Waals surface area contributed by atoms with E-state index >= 15 is 0 Å². The summed E-state index contributed by atoms with van der Waals surface area (Å²) < 4.78 is 18.5. The number of phenolic OH excluding ortho intramolecular Hbond substituents is 1. The second-order valence-electron chi connectivity index (χ2n) is 10.1. The van der Waals surface area contributed by atoms with Gasteiger partial charge in [-0.1, -0.05) is 24.3 Å². The normalized spacial score (nSPS) is 14.5. The summed E-state index contributed by atoms with van der Waals surface area (Å²) in [6.45, 7) is 0.685. The lowest BCUT2D eigenvalue weighted by Crippen LogP contribution is -2.31. The van der Waals surface area contributed by atoms with Crippen molar-refractivity contribution in [1.82, 2.24) is 24.5 Å². The quantitative estimate of drug-likeness (QED) is 0.238. The molecule has 212 valence electrons. The van der Waals surface area contributed by atoms with Crippen molar-refractivity contribution >= 4 is 44.4 Å². The van der Waals surface area contributed by atoms with E-state index in [0.717, 1.165) is 10.8 Å². The van der Waals surface area contributed by atoms with Crippen LogP contribution in [0.3, 0.4) is 0 Å².